The van der Waals surface area contributed by atoms with Crippen LogP contribution in [0.25, 0.3) is 0 Å². The number of piperazine rings is 1. The van der Waals surface area contributed by atoms with Crippen molar-refractivity contribution >= 4 is 5.91 Å². The number of hydrogen-bond donors (Lipinski definition) is 1. The molecule has 2 aliphatic heterocycles. The van der Waals surface area contributed by atoms with Gasteiger partial charge < -0.3 is 10.0 Å². The lowest BCUT2D eigenvalue weighted by atomic mass is 10.1. The van der Waals surface area contributed by atoms with Crippen LogP contribution in [0.1, 0.15) is 19.8 Å². The molecule has 0 aromatic heterocycles. The number of nitrogens with zero attached hydrogens (tertiary/aromatic N) is 3. The van der Waals surface area contributed by atoms with Gasteiger partial charge in [-0.25, -0.2) is 0 Å². The lowest BCUT2D eigenvalue weighted by Crippen LogP contribution is -2.55. The quantitative estimate of drug-likeness (QED) is 0.743. The van der Waals surface area contributed by atoms with Gasteiger partial charge in [-0.3, -0.25) is 14.6 Å². The topological polar surface area (TPSA) is 47.0 Å². The summed E-state index contributed by atoms with van der Waals surface area (Å²) >= 11 is 0. The second kappa shape index (κ2) is 5.99. The van der Waals surface area contributed by atoms with E-state index in [2.05, 4.69) is 16.7 Å². The van der Waals surface area contributed by atoms with Gasteiger partial charge >= 0.3 is 0 Å². The minimum Gasteiger partial charge on any atom is -0.395 e. The summed E-state index contributed by atoms with van der Waals surface area (Å²) in [5, 5.41) is 9.32. The van der Waals surface area contributed by atoms with Crippen LogP contribution >= 0.6 is 0 Å². The van der Waals surface area contributed by atoms with Gasteiger partial charge in [0.25, 0.3) is 0 Å². The van der Waals surface area contributed by atoms with E-state index in [1.165, 1.54) is 0 Å². The molecule has 2 saturated heterocycles. The second-order valence-electron chi connectivity index (χ2n) is 5.38. The zero-order valence-corrected chi connectivity index (χ0v) is 11.5. The Morgan fingerprint density at radius 1 is 1.28 bits per heavy atom. The lowest BCUT2D eigenvalue weighted by Gasteiger charge is -2.40. The highest BCUT2D eigenvalue weighted by Gasteiger charge is 2.35. The van der Waals surface area contributed by atoms with Gasteiger partial charge in [0, 0.05) is 45.8 Å². The van der Waals surface area contributed by atoms with Crippen LogP contribution in [0.4, 0.5) is 0 Å². The van der Waals surface area contributed by atoms with Crippen molar-refractivity contribution in [1.82, 2.24) is 14.7 Å². The van der Waals surface area contributed by atoms with Crippen molar-refractivity contribution in [2.75, 3.05) is 46.4 Å². The molecule has 2 rings (SSSR count). The molecule has 0 radical (unpaired) electrons. The monoisotopic (exact) mass is 255 g/mol. The fraction of sp³-hybridized carbons (Fsp3) is 0.923. The predicted octanol–water partition coefficient (Wildman–Crippen LogP) is -0.394. The highest BCUT2D eigenvalue weighted by Crippen LogP contribution is 2.18. The Bertz CT molecular complexity index is 286. The fourth-order valence-corrected chi connectivity index (χ4v) is 3.06. The van der Waals surface area contributed by atoms with E-state index in [9.17, 15) is 9.90 Å². The Balaban J connectivity index is 1.85. The summed E-state index contributed by atoms with van der Waals surface area (Å²) in [7, 11) is 1.89. The summed E-state index contributed by atoms with van der Waals surface area (Å²) in [5.41, 5.74) is 0. The number of rotatable bonds is 4. The van der Waals surface area contributed by atoms with E-state index in [0.29, 0.717) is 0 Å². The van der Waals surface area contributed by atoms with Crippen molar-refractivity contribution in [3.63, 3.8) is 0 Å². The third kappa shape index (κ3) is 2.68. The molecule has 2 heterocycles. The molecule has 104 valence electrons. The van der Waals surface area contributed by atoms with Gasteiger partial charge in [-0.15, -0.1) is 0 Å². The second-order valence-corrected chi connectivity index (χ2v) is 5.38. The van der Waals surface area contributed by atoms with E-state index >= 15 is 0 Å². The van der Waals surface area contributed by atoms with Crippen molar-refractivity contribution in [3.8, 4) is 0 Å². The van der Waals surface area contributed by atoms with Gasteiger partial charge in [-0.05, 0) is 12.8 Å². The van der Waals surface area contributed by atoms with Gasteiger partial charge in [0.1, 0.15) is 0 Å². The summed E-state index contributed by atoms with van der Waals surface area (Å²) in [4.78, 5) is 18.5. The number of aliphatic hydroxyl groups is 1. The molecule has 2 fully saturated rings. The molecule has 18 heavy (non-hydrogen) atoms. The van der Waals surface area contributed by atoms with Crippen molar-refractivity contribution in [3.05, 3.63) is 0 Å². The van der Waals surface area contributed by atoms with Crippen molar-refractivity contribution in [1.29, 1.82) is 0 Å². The predicted molar refractivity (Wildman–Crippen MR) is 70.4 cm³/mol. The highest BCUT2D eigenvalue weighted by molar-refractivity contribution is 5.83. The van der Waals surface area contributed by atoms with E-state index < -0.39 is 0 Å². The number of carbonyl (C=O) groups is 1. The minimum absolute atomic E-state index is 0.103. The van der Waals surface area contributed by atoms with Crippen LogP contribution in [-0.2, 0) is 4.79 Å². The average molecular weight is 255 g/mol. The zero-order valence-electron chi connectivity index (χ0n) is 11.5. The molecule has 5 nitrogen and oxygen atoms in total. The molecule has 0 saturated carbocycles. The molecular formula is C13H25N3O2. The smallest absolute Gasteiger partial charge is 0.239 e. The Kier molecular flexibility index (Phi) is 4.59. The van der Waals surface area contributed by atoms with Crippen molar-refractivity contribution in [2.24, 2.45) is 0 Å². The first-order chi connectivity index (χ1) is 8.67. The van der Waals surface area contributed by atoms with Crippen LogP contribution in [0.5, 0.6) is 0 Å². The van der Waals surface area contributed by atoms with Gasteiger partial charge in [-0.1, -0.05) is 6.92 Å². The van der Waals surface area contributed by atoms with Crippen molar-refractivity contribution in [2.45, 2.75) is 31.8 Å². The summed E-state index contributed by atoms with van der Waals surface area (Å²) in [6.45, 7) is 7.06. The third-order valence-electron chi connectivity index (χ3n) is 4.39. The molecule has 0 aromatic carbocycles. The van der Waals surface area contributed by atoms with Crippen LogP contribution in [0, 0.1) is 0 Å². The third-order valence-corrected chi connectivity index (χ3v) is 4.39. The Hall–Kier alpha value is -0.650. The van der Waals surface area contributed by atoms with Gasteiger partial charge in [0.2, 0.25) is 5.91 Å². The van der Waals surface area contributed by atoms with Crippen LogP contribution in [0.2, 0.25) is 0 Å². The first-order valence-corrected chi connectivity index (χ1v) is 7.01. The van der Waals surface area contributed by atoms with E-state index in [-0.39, 0.29) is 24.6 Å². The molecule has 5 heteroatoms. The molecular weight excluding hydrogens is 230 g/mol. The van der Waals surface area contributed by atoms with Gasteiger partial charge in [0.05, 0.1) is 12.6 Å². The number of likely N-dealkylation sites (N-methyl/N-ethyl adjacent to an activating group) is 1. The molecule has 2 aliphatic rings. The normalized spacial score (nSPS) is 28.9. The fourth-order valence-electron chi connectivity index (χ4n) is 3.06. The van der Waals surface area contributed by atoms with Crippen LogP contribution in [0.3, 0.4) is 0 Å². The summed E-state index contributed by atoms with van der Waals surface area (Å²) in [5.74, 6) is 0.276. The maximum atomic E-state index is 12.0. The Morgan fingerprint density at radius 2 is 1.94 bits per heavy atom. The van der Waals surface area contributed by atoms with E-state index in [4.69, 9.17) is 0 Å². The van der Waals surface area contributed by atoms with Crippen LogP contribution in [0.15, 0.2) is 0 Å². The molecule has 0 aliphatic carbocycles. The van der Waals surface area contributed by atoms with E-state index in [1.54, 1.807) is 0 Å². The highest BCUT2D eigenvalue weighted by atomic mass is 16.3. The molecule has 0 bridgehead atoms. The van der Waals surface area contributed by atoms with Gasteiger partial charge in [-0.2, -0.15) is 0 Å². The SMILES string of the molecule is CC[C@@H](CO)N1CCN([C@H]2CCN(C)C2=O)CC1. The van der Waals surface area contributed by atoms with E-state index in [1.807, 2.05) is 11.9 Å². The molecule has 2 atom stereocenters. The van der Waals surface area contributed by atoms with Crippen LogP contribution in [-0.4, -0.2) is 84.2 Å². The maximum absolute atomic E-state index is 12.0. The number of aliphatic hydroxyl groups excluding tert-OH is 1. The molecule has 0 unspecified atom stereocenters. The molecule has 0 spiro atoms. The number of likely N-dealkylation sites (tertiary alicyclic amines) is 1. The molecule has 1 N–H and O–H groups in total. The summed E-state index contributed by atoms with van der Waals surface area (Å²) in [6, 6.07) is 0.389. The molecule has 1 amide bonds. The maximum Gasteiger partial charge on any atom is 0.239 e. The average Bonchev–Trinajstić information content (AvgIpc) is 2.73. The Labute approximate surface area is 109 Å². The van der Waals surface area contributed by atoms with Crippen LogP contribution < -0.4 is 0 Å². The number of carbonyl (C=O) groups excluding carboxylic acids is 1. The summed E-state index contributed by atoms with van der Waals surface area (Å²) < 4.78 is 0. The largest absolute Gasteiger partial charge is 0.395 e. The first-order valence-electron chi connectivity index (χ1n) is 7.01. The Morgan fingerprint density at radius 3 is 2.39 bits per heavy atom. The minimum atomic E-state index is 0.103. The van der Waals surface area contributed by atoms with E-state index in [0.717, 1.165) is 45.6 Å². The van der Waals surface area contributed by atoms with Gasteiger partial charge in [0.15, 0.2) is 0 Å². The number of hydrogen-bond acceptors (Lipinski definition) is 4. The first kappa shape index (κ1) is 13.8. The summed E-state index contributed by atoms with van der Waals surface area (Å²) in [6.07, 6.45) is 1.95. The standard InChI is InChI=1S/C13H25N3O2/c1-3-11(10-17)15-6-8-16(9-7-15)12-4-5-14(2)13(12)18/h11-12,17H,3-10H2,1-2H3/t11-,12-/m0/s1. The molecule has 0 aromatic rings. The number of amides is 1. The zero-order chi connectivity index (χ0) is 13.1. The van der Waals surface area contributed by atoms with Crippen molar-refractivity contribution < 1.29 is 9.90 Å². The lowest BCUT2D eigenvalue weighted by molar-refractivity contribution is -0.131.